The van der Waals surface area contributed by atoms with E-state index in [4.69, 9.17) is 17.3 Å². The minimum atomic E-state index is -0.580. The molecule has 5 heteroatoms. The number of nitrogens with two attached hydrogens (primary N) is 1. The Morgan fingerprint density at radius 1 is 1.59 bits per heavy atom. The van der Waals surface area contributed by atoms with Gasteiger partial charge >= 0.3 is 0 Å². The molecule has 1 aromatic carbocycles. The van der Waals surface area contributed by atoms with Gasteiger partial charge in [-0.15, -0.1) is 0 Å². The van der Waals surface area contributed by atoms with Crippen molar-refractivity contribution in [3.8, 4) is 0 Å². The highest BCUT2D eigenvalue weighted by Crippen LogP contribution is 2.19. The van der Waals surface area contributed by atoms with Crippen molar-refractivity contribution in [2.75, 3.05) is 5.32 Å². The maximum atomic E-state index is 12.9. The van der Waals surface area contributed by atoms with E-state index in [9.17, 15) is 9.18 Å². The summed E-state index contributed by atoms with van der Waals surface area (Å²) in [7, 11) is 0. The Morgan fingerprint density at radius 2 is 2.24 bits per heavy atom. The van der Waals surface area contributed by atoms with Crippen molar-refractivity contribution < 1.29 is 9.18 Å². The lowest BCUT2D eigenvalue weighted by Crippen LogP contribution is -2.40. The molecule has 0 aliphatic rings. The van der Waals surface area contributed by atoms with Crippen LogP contribution in [-0.4, -0.2) is 11.9 Å². The SMILES string of the molecule is CCC(C)[C@H](N)C(=O)Nc1ccc(F)c(Cl)c1. The van der Waals surface area contributed by atoms with Crippen molar-refractivity contribution in [2.45, 2.75) is 26.3 Å². The molecule has 1 rings (SSSR count). The van der Waals surface area contributed by atoms with Crippen molar-refractivity contribution in [3.63, 3.8) is 0 Å². The second kappa shape index (κ2) is 5.98. The van der Waals surface area contributed by atoms with Crippen molar-refractivity contribution in [1.29, 1.82) is 0 Å². The average molecular weight is 259 g/mol. The highest BCUT2D eigenvalue weighted by Gasteiger charge is 2.19. The number of amides is 1. The van der Waals surface area contributed by atoms with Gasteiger partial charge in [0.25, 0.3) is 0 Å². The van der Waals surface area contributed by atoms with Crippen LogP contribution in [-0.2, 0) is 4.79 Å². The van der Waals surface area contributed by atoms with E-state index in [0.717, 1.165) is 6.42 Å². The molecule has 0 saturated carbocycles. The fourth-order valence-electron chi connectivity index (χ4n) is 1.31. The minimum Gasteiger partial charge on any atom is -0.325 e. The lowest BCUT2D eigenvalue weighted by Gasteiger charge is -2.17. The Hall–Kier alpha value is -1.13. The normalized spacial score (nSPS) is 14.2. The summed E-state index contributed by atoms with van der Waals surface area (Å²) < 4.78 is 12.9. The first-order valence-corrected chi connectivity index (χ1v) is 5.85. The van der Waals surface area contributed by atoms with E-state index in [1.54, 1.807) is 0 Å². The third kappa shape index (κ3) is 3.68. The molecule has 1 aromatic rings. The van der Waals surface area contributed by atoms with Gasteiger partial charge in [0.15, 0.2) is 0 Å². The lowest BCUT2D eigenvalue weighted by atomic mass is 9.99. The van der Waals surface area contributed by atoms with Crippen LogP contribution < -0.4 is 11.1 Å². The zero-order valence-corrected chi connectivity index (χ0v) is 10.6. The maximum absolute atomic E-state index is 12.9. The van der Waals surface area contributed by atoms with Gasteiger partial charge in [-0.2, -0.15) is 0 Å². The molecule has 17 heavy (non-hydrogen) atoms. The number of benzene rings is 1. The highest BCUT2D eigenvalue weighted by atomic mass is 35.5. The van der Waals surface area contributed by atoms with Crippen LogP contribution in [0.25, 0.3) is 0 Å². The molecule has 1 unspecified atom stereocenters. The zero-order valence-electron chi connectivity index (χ0n) is 9.84. The Morgan fingerprint density at radius 3 is 2.76 bits per heavy atom. The summed E-state index contributed by atoms with van der Waals surface area (Å²) in [4.78, 5) is 11.7. The molecule has 0 fully saturated rings. The van der Waals surface area contributed by atoms with Crippen molar-refractivity contribution in [2.24, 2.45) is 11.7 Å². The summed E-state index contributed by atoms with van der Waals surface area (Å²) in [5.74, 6) is -0.719. The predicted molar refractivity (Wildman–Crippen MR) is 67.5 cm³/mol. The molecular weight excluding hydrogens is 243 g/mol. The van der Waals surface area contributed by atoms with E-state index in [0.29, 0.717) is 5.69 Å². The molecule has 1 amide bonds. The lowest BCUT2D eigenvalue weighted by molar-refractivity contribution is -0.118. The minimum absolute atomic E-state index is 0.0279. The Labute approximate surface area is 105 Å². The van der Waals surface area contributed by atoms with E-state index >= 15 is 0 Å². The van der Waals surface area contributed by atoms with Gasteiger partial charge in [-0.25, -0.2) is 4.39 Å². The topological polar surface area (TPSA) is 55.1 Å². The zero-order chi connectivity index (χ0) is 13.0. The number of anilines is 1. The number of carbonyl (C=O) groups excluding carboxylic acids is 1. The van der Waals surface area contributed by atoms with Crippen LogP contribution in [0.3, 0.4) is 0 Å². The standard InChI is InChI=1S/C12H16ClFN2O/c1-3-7(2)11(15)12(17)16-8-4-5-10(14)9(13)6-8/h4-7,11H,3,15H2,1-2H3,(H,16,17)/t7?,11-/m0/s1. The molecule has 0 aliphatic heterocycles. The first kappa shape index (κ1) is 13.9. The van der Waals surface area contributed by atoms with Crippen LogP contribution in [0.1, 0.15) is 20.3 Å². The number of halogens is 2. The molecule has 0 bridgehead atoms. The van der Waals surface area contributed by atoms with Crippen LogP contribution in [0.15, 0.2) is 18.2 Å². The van der Waals surface area contributed by atoms with E-state index < -0.39 is 11.9 Å². The molecule has 0 spiro atoms. The van der Waals surface area contributed by atoms with Gasteiger partial charge in [0.2, 0.25) is 5.91 Å². The van der Waals surface area contributed by atoms with Gasteiger partial charge in [-0.05, 0) is 24.1 Å². The fraction of sp³-hybridized carbons (Fsp3) is 0.417. The van der Waals surface area contributed by atoms with Gasteiger partial charge < -0.3 is 11.1 Å². The first-order valence-electron chi connectivity index (χ1n) is 5.47. The highest BCUT2D eigenvalue weighted by molar-refractivity contribution is 6.31. The summed E-state index contributed by atoms with van der Waals surface area (Å²) in [6, 6.07) is 3.43. The van der Waals surface area contributed by atoms with E-state index in [1.807, 2.05) is 13.8 Å². The summed E-state index contributed by atoms with van der Waals surface area (Å²) >= 11 is 5.61. The predicted octanol–water partition coefficient (Wildman–Crippen LogP) is 2.79. The Balaban J connectivity index is 2.71. The monoisotopic (exact) mass is 258 g/mol. The van der Waals surface area contributed by atoms with E-state index in [1.165, 1.54) is 18.2 Å². The van der Waals surface area contributed by atoms with Gasteiger partial charge in [0, 0.05) is 5.69 Å². The van der Waals surface area contributed by atoms with Gasteiger partial charge in [-0.1, -0.05) is 31.9 Å². The van der Waals surface area contributed by atoms with E-state index in [2.05, 4.69) is 5.32 Å². The van der Waals surface area contributed by atoms with Crippen LogP contribution in [0.4, 0.5) is 10.1 Å². The molecule has 0 aliphatic carbocycles. The summed E-state index contributed by atoms with van der Waals surface area (Å²) in [5.41, 5.74) is 6.21. The quantitative estimate of drug-likeness (QED) is 0.873. The molecule has 0 aromatic heterocycles. The fourth-order valence-corrected chi connectivity index (χ4v) is 1.49. The van der Waals surface area contributed by atoms with E-state index in [-0.39, 0.29) is 16.8 Å². The molecule has 94 valence electrons. The molecule has 0 radical (unpaired) electrons. The summed E-state index contributed by atoms with van der Waals surface area (Å²) in [5, 5.41) is 2.58. The third-order valence-electron chi connectivity index (χ3n) is 2.75. The average Bonchev–Trinajstić information content (AvgIpc) is 2.31. The van der Waals surface area contributed by atoms with Gasteiger partial charge in [0.05, 0.1) is 11.1 Å². The summed E-state index contributed by atoms with van der Waals surface area (Å²) in [6.07, 6.45) is 0.818. The molecular formula is C12H16ClFN2O. The second-order valence-corrected chi connectivity index (χ2v) is 4.44. The number of hydrogen-bond donors (Lipinski definition) is 2. The van der Waals surface area contributed by atoms with Gasteiger partial charge in [0.1, 0.15) is 5.82 Å². The third-order valence-corrected chi connectivity index (χ3v) is 3.04. The number of nitrogens with one attached hydrogen (secondary N) is 1. The maximum Gasteiger partial charge on any atom is 0.241 e. The van der Waals surface area contributed by atoms with Gasteiger partial charge in [-0.3, -0.25) is 4.79 Å². The van der Waals surface area contributed by atoms with Crippen LogP contribution >= 0.6 is 11.6 Å². The molecule has 3 nitrogen and oxygen atoms in total. The van der Waals surface area contributed by atoms with Crippen LogP contribution in [0, 0.1) is 11.7 Å². The summed E-state index contributed by atoms with van der Waals surface area (Å²) in [6.45, 7) is 3.87. The van der Waals surface area contributed by atoms with Crippen molar-refractivity contribution in [3.05, 3.63) is 29.0 Å². The molecule has 2 atom stereocenters. The van der Waals surface area contributed by atoms with Crippen molar-refractivity contribution >= 4 is 23.2 Å². The smallest absolute Gasteiger partial charge is 0.241 e. The number of hydrogen-bond acceptors (Lipinski definition) is 2. The van der Waals surface area contributed by atoms with Crippen LogP contribution in [0.2, 0.25) is 5.02 Å². The first-order chi connectivity index (χ1) is 7.95. The number of rotatable bonds is 4. The Bertz CT molecular complexity index is 411. The molecule has 0 heterocycles. The number of carbonyl (C=O) groups is 1. The largest absolute Gasteiger partial charge is 0.325 e. The Kier molecular flexibility index (Phi) is 4.90. The van der Waals surface area contributed by atoms with Crippen LogP contribution in [0.5, 0.6) is 0 Å². The second-order valence-electron chi connectivity index (χ2n) is 4.03. The molecule has 0 saturated heterocycles. The van der Waals surface area contributed by atoms with Crippen molar-refractivity contribution in [1.82, 2.24) is 0 Å². The molecule has 3 N–H and O–H groups in total.